The highest BCUT2D eigenvalue weighted by Gasteiger charge is 2.13. The van der Waals surface area contributed by atoms with Crippen molar-refractivity contribution in [2.45, 2.75) is 18.2 Å². The Morgan fingerprint density at radius 3 is 2.79 bits per heavy atom. The molecule has 0 saturated carbocycles. The number of aryl methyl sites for hydroxylation is 1. The molecule has 0 radical (unpaired) electrons. The van der Waals surface area contributed by atoms with Gasteiger partial charge in [0.1, 0.15) is 0 Å². The van der Waals surface area contributed by atoms with Crippen molar-refractivity contribution in [2.24, 2.45) is 0 Å². The zero-order chi connectivity index (χ0) is 13.2. The molecule has 3 aromatic rings. The summed E-state index contributed by atoms with van der Waals surface area (Å²) in [5.74, 6) is 0. The van der Waals surface area contributed by atoms with E-state index < -0.39 is 0 Å². The molecule has 0 bridgehead atoms. The molecule has 1 unspecified atom stereocenters. The lowest BCUT2D eigenvalue weighted by atomic mass is 10.1. The van der Waals surface area contributed by atoms with Gasteiger partial charge in [-0.25, -0.2) is 0 Å². The lowest BCUT2D eigenvalue weighted by molar-refractivity contribution is 0.923. The number of pyridine rings is 1. The molecular formula is C16H14BrNS. The summed E-state index contributed by atoms with van der Waals surface area (Å²) in [7, 11) is 0. The smallest absolute Gasteiger partial charge is 0.0705 e. The first-order chi connectivity index (χ1) is 9.24. The first-order valence-electron chi connectivity index (χ1n) is 6.27. The summed E-state index contributed by atoms with van der Waals surface area (Å²) in [5, 5.41) is 3.34. The number of alkyl halides is 1. The van der Waals surface area contributed by atoms with Gasteiger partial charge in [-0.2, -0.15) is 0 Å². The van der Waals surface area contributed by atoms with E-state index in [1.54, 1.807) is 11.3 Å². The molecule has 3 heteroatoms. The van der Waals surface area contributed by atoms with E-state index in [0.29, 0.717) is 4.83 Å². The fraction of sp³-hybridized carbons (Fsp3) is 0.188. The molecule has 2 aromatic heterocycles. The maximum atomic E-state index is 4.73. The Bertz CT molecular complexity index is 705. The molecule has 3 rings (SSSR count). The number of benzene rings is 1. The average molecular weight is 332 g/mol. The van der Waals surface area contributed by atoms with Crippen LogP contribution in [0, 0.1) is 6.92 Å². The van der Waals surface area contributed by atoms with Crippen molar-refractivity contribution < 1.29 is 0 Å². The van der Waals surface area contributed by atoms with Crippen LogP contribution in [0.5, 0.6) is 0 Å². The standard InChI is InChI=1S/C16H14BrNS/c1-11-8-9-19-16(11)14(17)10-13-7-6-12-4-2-3-5-15(12)18-13/h2-9,14H,10H2,1H3. The highest BCUT2D eigenvalue weighted by atomic mass is 79.9. The van der Waals surface area contributed by atoms with E-state index in [9.17, 15) is 0 Å². The molecule has 0 aliphatic carbocycles. The third kappa shape index (κ3) is 2.72. The number of fused-ring (bicyclic) bond motifs is 1. The van der Waals surface area contributed by atoms with Gasteiger partial charge in [0.15, 0.2) is 0 Å². The van der Waals surface area contributed by atoms with Crippen molar-refractivity contribution in [3.05, 3.63) is 64.0 Å². The van der Waals surface area contributed by atoms with Crippen LogP contribution in [0.15, 0.2) is 47.8 Å². The third-order valence-corrected chi connectivity index (χ3v) is 5.45. The summed E-state index contributed by atoms with van der Waals surface area (Å²) >= 11 is 5.59. The fourth-order valence-electron chi connectivity index (χ4n) is 2.20. The maximum absolute atomic E-state index is 4.73. The number of halogens is 1. The van der Waals surface area contributed by atoms with Crippen LogP contribution in [-0.2, 0) is 6.42 Å². The maximum Gasteiger partial charge on any atom is 0.0705 e. The molecule has 0 aliphatic rings. The second kappa shape index (κ2) is 5.43. The minimum absolute atomic E-state index is 0.348. The lowest BCUT2D eigenvalue weighted by Gasteiger charge is -2.09. The summed E-state index contributed by atoms with van der Waals surface area (Å²) in [5.41, 5.74) is 3.56. The molecule has 1 atom stereocenters. The van der Waals surface area contributed by atoms with E-state index >= 15 is 0 Å². The molecule has 0 spiro atoms. The molecule has 96 valence electrons. The Hall–Kier alpha value is -1.19. The normalized spacial score (nSPS) is 12.7. The van der Waals surface area contributed by atoms with Crippen molar-refractivity contribution in [3.63, 3.8) is 0 Å². The van der Waals surface area contributed by atoms with Gasteiger partial charge in [-0.15, -0.1) is 11.3 Å². The predicted molar refractivity (Wildman–Crippen MR) is 86.2 cm³/mol. The van der Waals surface area contributed by atoms with Crippen LogP contribution in [0.4, 0.5) is 0 Å². The Labute approximate surface area is 125 Å². The Morgan fingerprint density at radius 2 is 2.00 bits per heavy atom. The molecule has 0 saturated heterocycles. The summed E-state index contributed by atoms with van der Waals surface area (Å²) in [6, 6.07) is 14.7. The van der Waals surface area contributed by atoms with E-state index in [0.717, 1.165) is 17.6 Å². The molecule has 0 N–H and O–H groups in total. The number of rotatable bonds is 3. The molecule has 1 nitrogen and oxygen atoms in total. The molecule has 0 fully saturated rings. The van der Waals surface area contributed by atoms with Crippen LogP contribution in [-0.4, -0.2) is 4.98 Å². The van der Waals surface area contributed by atoms with E-state index in [2.05, 4.69) is 58.6 Å². The van der Waals surface area contributed by atoms with Gasteiger partial charge < -0.3 is 0 Å². The lowest BCUT2D eigenvalue weighted by Crippen LogP contribution is -1.97. The number of thiophene rings is 1. The number of para-hydroxylation sites is 1. The monoisotopic (exact) mass is 331 g/mol. The van der Waals surface area contributed by atoms with Gasteiger partial charge in [0, 0.05) is 22.4 Å². The van der Waals surface area contributed by atoms with Crippen LogP contribution in [0.25, 0.3) is 10.9 Å². The number of hydrogen-bond donors (Lipinski definition) is 0. The van der Waals surface area contributed by atoms with Gasteiger partial charge in [0.25, 0.3) is 0 Å². The Balaban J connectivity index is 1.87. The summed E-state index contributed by atoms with van der Waals surface area (Å²) in [6.45, 7) is 2.16. The minimum Gasteiger partial charge on any atom is -0.253 e. The van der Waals surface area contributed by atoms with E-state index in [-0.39, 0.29) is 0 Å². The zero-order valence-corrected chi connectivity index (χ0v) is 13.0. The highest BCUT2D eigenvalue weighted by molar-refractivity contribution is 9.09. The molecule has 1 aromatic carbocycles. The zero-order valence-electron chi connectivity index (χ0n) is 10.6. The molecule has 0 aliphatic heterocycles. The van der Waals surface area contributed by atoms with Crippen LogP contribution in [0.2, 0.25) is 0 Å². The Kier molecular flexibility index (Phi) is 3.67. The van der Waals surface area contributed by atoms with Gasteiger partial charge in [-0.3, -0.25) is 4.98 Å². The number of hydrogen-bond acceptors (Lipinski definition) is 2. The van der Waals surface area contributed by atoms with Crippen molar-refractivity contribution >= 4 is 38.2 Å². The number of aromatic nitrogens is 1. The van der Waals surface area contributed by atoms with Crippen molar-refractivity contribution in [1.82, 2.24) is 4.98 Å². The fourth-order valence-corrected chi connectivity index (χ4v) is 4.12. The summed E-state index contributed by atoms with van der Waals surface area (Å²) in [4.78, 5) is 6.48. The summed E-state index contributed by atoms with van der Waals surface area (Å²) in [6.07, 6.45) is 0.923. The van der Waals surface area contributed by atoms with Gasteiger partial charge in [-0.1, -0.05) is 40.2 Å². The van der Waals surface area contributed by atoms with Gasteiger partial charge in [0.2, 0.25) is 0 Å². The van der Waals surface area contributed by atoms with E-state index in [1.807, 2.05) is 12.1 Å². The quantitative estimate of drug-likeness (QED) is 0.594. The van der Waals surface area contributed by atoms with Crippen LogP contribution in [0.1, 0.15) is 21.0 Å². The predicted octanol–water partition coefficient (Wildman–Crippen LogP) is 5.28. The second-order valence-electron chi connectivity index (χ2n) is 4.63. The second-order valence-corrected chi connectivity index (χ2v) is 6.69. The van der Waals surface area contributed by atoms with Crippen LogP contribution < -0.4 is 0 Å². The SMILES string of the molecule is Cc1ccsc1C(Br)Cc1ccc2ccccc2n1. The molecule has 19 heavy (non-hydrogen) atoms. The van der Waals surface area contributed by atoms with Crippen molar-refractivity contribution in [1.29, 1.82) is 0 Å². The average Bonchev–Trinajstić information content (AvgIpc) is 2.85. The topological polar surface area (TPSA) is 12.9 Å². The van der Waals surface area contributed by atoms with Gasteiger partial charge >= 0.3 is 0 Å². The van der Waals surface area contributed by atoms with Crippen LogP contribution in [0.3, 0.4) is 0 Å². The van der Waals surface area contributed by atoms with Gasteiger partial charge in [-0.05, 0) is 36.1 Å². The third-order valence-electron chi connectivity index (χ3n) is 3.23. The molecular weight excluding hydrogens is 318 g/mol. The number of nitrogens with zero attached hydrogens (tertiary/aromatic N) is 1. The molecule has 2 heterocycles. The summed E-state index contributed by atoms with van der Waals surface area (Å²) < 4.78 is 0. The highest BCUT2D eigenvalue weighted by Crippen LogP contribution is 2.33. The Morgan fingerprint density at radius 1 is 1.16 bits per heavy atom. The molecule has 0 amide bonds. The van der Waals surface area contributed by atoms with Crippen molar-refractivity contribution in [3.8, 4) is 0 Å². The first-order valence-corrected chi connectivity index (χ1v) is 8.06. The van der Waals surface area contributed by atoms with Gasteiger partial charge in [0.05, 0.1) is 10.3 Å². The largest absolute Gasteiger partial charge is 0.253 e. The minimum atomic E-state index is 0.348. The van der Waals surface area contributed by atoms with E-state index in [1.165, 1.54) is 15.8 Å². The van der Waals surface area contributed by atoms with Crippen molar-refractivity contribution in [2.75, 3.05) is 0 Å². The van der Waals surface area contributed by atoms with E-state index in [4.69, 9.17) is 4.98 Å². The first kappa shape index (κ1) is 12.8. The van der Waals surface area contributed by atoms with Crippen LogP contribution >= 0.6 is 27.3 Å².